The molecule has 4 nitrogen and oxygen atoms in total. The topological polar surface area (TPSA) is 43.8 Å². The molecule has 1 aliphatic heterocycles. The summed E-state index contributed by atoms with van der Waals surface area (Å²) in [6.07, 6.45) is 0.114. The van der Waals surface area contributed by atoms with Crippen LogP contribution in [0, 0.1) is 0 Å². The fourth-order valence-electron chi connectivity index (χ4n) is 2.46. The van der Waals surface area contributed by atoms with E-state index >= 15 is 0 Å². The number of carbonyl (C=O) groups is 1. The smallest absolute Gasteiger partial charge is 0.240 e. The average Bonchev–Trinajstić information content (AvgIpc) is 2.70. The summed E-state index contributed by atoms with van der Waals surface area (Å²) < 4.78 is 0. The van der Waals surface area contributed by atoms with Crippen LogP contribution in [0.5, 0.6) is 0 Å². The van der Waals surface area contributed by atoms with E-state index in [1.807, 2.05) is 36.2 Å². The van der Waals surface area contributed by atoms with Gasteiger partial charge in [0.25, 0.3) is 0 Å². The first-order valence-corrected chi connectivity index (χ1v) is 6.73. The molecule has 0 radical (unpaired) electrons. The van der Waals surface area contributed by atoms with Crippen molar-refractivity contribution in [3.8, 4) is 0 Å². The zero-order valence-electron chi connectivity index (χ0n) is 11.2. The van der Waals surface area contributed by atoms with Crippen molar-refractivity contribution >= 4 is 17.5 Å². The highest BCUT2D eigenvalue weighted by molar-refractivity contribution is 6.30. The molecule has 0 saturated carbocycles. The van der Waals surface area contributed by atoms with Crippen molar-refractivity contribution < 1.29 is 9.90 Å². The van der Waals surface area contributed by atoms with Crippen LogP contribution in [0.25, 0.3) is 0 Å². The van der Waals surface area contributed by atoms with Gasteiger partial charge in [0.05, 0.1) is 12.1 Å². The second-order valence-corrected chi connectivity index (χ2v) is 5.60. The second kappa shape index (κ2) is 5.90. The molecule has 5 heteroatoms. The lowest BCUT2D eigenvalue weighted by atomic mass is 10.1. The molecule has 0 spiro atoms. The van der Waals surface area contributed by atoms with Crippen LogP contribution in [0.3, 0.4) is 0 Å². The molecule has 19 heavy (non-hydrogen) atoms. The first-order valence-electron chi connectivity index (χ1n) is 6.35. The number of carbonyl (C=O) groups excluding carboxylic acids is 1. The highest BCUT2D eigenvalue weighted by Crippen LogP contribution is 2.18. The van der Waals surface area contributed by atoms with Crippen molar-refractivity contribution in [2.45, 2.75) is 25.1 Å². The summed E-state index contributed by atoms with van der Waals surface area (Å²) in [5.74, 6) is 0.0500. The molecule has 1 N–H and O–H groups in total. The maximum Gasteiger partial charge on any atom is 0.240 e. The molecule has 1 aliphatic rings. The Hall–Kier alpha value is -1.10. The molecule has 0 aromatic heterocycles. The number of halogens is 1. The van der Waals surface area contributed by atoms with E-state index in [9.17, 15) is 9.90 Å². The molecule has 1 unspecified atom stereocenters. The third-order valence-electron chi connectivity index (χ3n) is 3.52. The highest BCUT2D eigenvalue weighted by Gasteiger charge is 2.34. The minimum Gasteiger partial charge on any atom is -0.392 e. The second-order valence-electron chi connectivity index (χ2n) is 5.17. The van der Waals surface area contributed by atoms with E-state index in [1.165, 1.54) is 0 Å². The Morgan fingerprint density at radius 3 is 2.63 bits per heavy atom. The normalized spacial score (nSPS) is 23.6. The monoisotopic (exact) mass is 282 g/mol. The number of amides is 1. The number of aliphatic hydroxyl groups excluding tert-OH is 1. The molecule has 0 bridgehead atoms. The summed E-state index contributed by atoms with van der Waals surface area (Å²) in [6.45, 7) is 1.11. The van der Waals surface area contributed by atoms with Crippen molar-refractivity contribution in [2.24, 2.45) is 0 Å². The molecule has 1 saturated heterocycles. The fraction of sp³-hybridized carbons (Fsp3) is 0.500. The maximum atomic E-state index is 12.3. The van der Waals surface area contributed by atoms with Gasteiger partial charge in [-0.1, -0.05) is 23.7 Å². The summed E-state index contributed by atoms with van der Waals surface area (Å²) >= 11 is 5.83. The van der Waals surface area contributed by atoms with Gasteiger partial charge in [-0.05, 0) is 31.2 Å². The van der Waals surface area contributed by atoms with E-state index in [0.717, 1.165) is 5.56 Å². The minimum atomic E-state index is -0.400. The number of aliphatic hydroxyl groups is 1. The number of benzene rings is 1. The van der Waals surface area contributed by atoms with Gasteiger partial charge in [0, 0.05) is 25.2 Å². The fourth-order valence-corrected chi connectivity index (χ4v) is 2.58. The first kappa shape index (κ1) is 14.3. The number of β-amino-alcohol motifs (C(OH)–C–C–N with tert-alkyl or cyclic N) is 1. The number of nitrogens with zero attached hydrogens (tertiary/aromatic N) is 2. The van der Waals surface area contributed by atoms with Gasteiger partial charge < -0.3 is 10.0 Å². The van der Waals surface area contributed by atoms with Gasteiger partial charge in [0.15, 0.2) is 0 Å². The van der Waals surface area contributed by atoms with E-state index in [2.05, 4.69) is 0 Å². The van der Waals surface area contributed by atoms with Crippen LogP contribution in [0.4, 0.5) is 0 Å². The van der Waals surface area contributed by atoms with Gasteiger partial charge >= 0.3 is 0 Å². The van der Waals surface area contributed by atoms with Crippen LogP contribution in [-0.4, -0.2) is 53.6 Å². The predicted molar refractivity (Wildman–Crippen MR) is 75.0 cm³/mol. The molecule has 1 fully saturated rings. The summed E-state index contributed by atoms with van der Waals surface area (Å²) in [7, 11) is 3.66. The predicted octanol–water partition coefficient (Wildman–Crippen LogP) is 1.36. The lowest BCUT2D eigenvalue weighted by molar-refractivity contribution is -0.134. The van der Waals surface area contributed by atoms with Crippen LogP contribution in [-0.2, 0) is 11.3 Å². The van der Waals surface area contributed by atoms with Gasteiger partial charge in [0.2, 0.25) is 5.91 Å². The third kappa shape index (κ3) is 3.47. The molecule has 1 amide bonds. The van der Waals surface area contributed by atoms with Gasteiger partial charge in [-0.3, -0.25) is 9.69 Å². The molecule has 1 heterocycles. The molecule has 2 rings (SSSR count). The Kier molecular flexibility index (Phi) is 4.45. The van der Waals surface area contributed by atoms with Crippen molar-refractivity contribution in [3.05, 3.63) is 34.9 Å². The van der Waals surface area contributed by atoms with Crippen LogP contribution in [0.15, 0.2) is 24.3 Å². The van der Waals surface area contributed by atoms with Gasteiger partial charge in [-0.25, -0.2) is 0 Å². The lowest BCUT2D eigenvalue weighted by Crippen LogP contribution is -2.42. The van der Waals surface area contributed by atoms with Crippen LogP contribution >= 0.6 is 11.6 Å². The van der Waals surface area contributed by atoms with Crippen LogP contribution in [0.1, 0.15) is 12.0 Å². The number of likely N-dealkylation sites (tertiary alicyclic amines) is 1. The summed E-state index contributed by atoms with van der Waals surface area (Å²) in [5.41, 5.74) is 1.04. The van der Waals surface area contributed by atoms with Crippen LogP contribution in [0.2, 0.25) is 5.02 Å². The number of rotatable bonds is 3. The summed E-state index contributed by atoms with van der Waals surface area (Å²) in [5, 5.41) is 10.3. The largest absolute Gasteiger partial charge is 0.392 e. The highest BCUT2D eigenvalue weighted by atomic mass is 35.5. The van der Waals surface area contributed by atoms with E-state index < -0.39 is 6.10 Å². The molecule has 104 valence electrons. The third-order valence-corrected chi connectivity index (χ3v) is 3.77. The SMILES string of the molecule is CN(Cc1ccc(Cl)cc1)C(=O)[C@H]1CC(O)CN1C. The van der Waals surface area contributed by atoms with Gasteiger partial charge in [-0.15, -0.1) is 0 Å². The molecular formula is C14H19ClN2O2. The summed E-state index contributed by atoms with van der Waals surface area (Å²) in [6, 6.07) is 7.26. The zero-order valence-corrected chi connectivity index (χ0v) is 12.0. The molecule has 1 aromatic rings. The minimum absolute atomic E-state index is 0.0500. The Morgan fingerprint density at radius 1 is 1.47 bits per heavy atom. The van der Waals surface area contributed by atoms with E-state index in [4.69, 9.17) is 11.6 Å². The van der Waals surface area contributed by atoms with Gasteiger partial charge in [-0.2, -0.15) is 0 Å². The van der Waals surface area contributed by atoms with Crippen molar-refractivity contribution in [2.75, 3.05) is 20.6 Å². The first-order chi connectivity index (χ1) is 8.97. The Morgan fingerprint density at radius 2 is 2.11 bits per heavy atom. The standard InChI is InChI=1S/C14H19ClN2O2/c1-16-9-12(18)7-13(16)14(19)17(2)8-10-3-5-11(15)6-4-10/h3-6,12-13,18H,7-9H2,1-2H3/t12?,13-/m1/s1. The molecule has 0 aliphatic carbocycles. The lowest BCUT2D eigenvalue weighted by Gasteiger charge is -2.25. The average molecular weight is 283 g/mol. The van der Waals surface area contributed by atoms with E-state index in [-0.39, 0.29) is 11.9 Å². The van der Waals surface area contributed by atoms with E-state index in [0.29, 0.717) is 24.5 Å². The molecular weight excluding hydrogens is 264 g/mol. The Bertz CT molecular complexity index is 449. The Labute approximate surface area is 118 Å². The number of hydrogen-bond donors (Lipinski definition) is 1. The zero-order chi connectivity index (χ0) is 14.0. The summed E-state index contributed by atoms with van der Waals surface area (Å²) in [4.78, 5) is 15.9. The van der Waals surface area contributed by atoms with Gasteiger partial charge in [0.1, 0.15) is 0 Å². The quantitative estimate of drug-likeness (QED) is 0.910. The van der Waals surface area contributed by atoms with Crippen molar-refractivity contribution in [1.82, 2.24) is 9.80 Å². The van der Waals surface area contributed by atoms with Crippen molar-refractivity contribution in [3.63, 3.8) is 0 Å². The Balaban J connectivity index is 1.97. The number of likely N-dealkylation sites (N-methyl/N-ethyl adjacent to an activating group) is 2. The van der Waals surface area contributed by atoms with Crippen molar-refractivity contribution in [1.29, 1.82) is 0 Å². The molecule has 1 aromatic carbocycles. The number of hydrogen-bond acceptors (Lipinski definition) is 3. The van der Waals surface area contributed by atoms with E-state index in [1.54, 1.807) is 11.9 Å². The molecule has 2 atom stereocenters. The maximum absolute atomic E-state index is 12.3. The van der Waals surface area contributed by atoms with Crippen LogP contribution < -0.4 is 0 Å².